The van der Waals surface area contributed by atoms with E-state index in [0.29, 0.717) is 70.9 Å². The first-order valence-electron chi connectivity index (χ1n) is 39.0. The topological polar surface area (TPSA) is 606 Å². The summed E-state index contributed by atoms with van der Waals surface area (Å²) in [5, 5.41) is 40.8. The number of nitrogens with zero attached hydrogens (tertiary/aromatic N) is 3. The highest BCUT2D eigenvalue weighted by atomic mass is 16.6. The van der Waals surface area contributed by atoms with Crippen LogP contribution in [0.1, 0.15) is 121 Å². The third kappa shape index (κ3) is 54.0. The molecule has 2 unspecified atom stereocenters. The van der Waals surface area contributed by atoms with E-state index in [1.54, 1.807) is 4.68 Å². The number of carbonyl (C=O) groups is 15. The number of primary amides is 2. The molecule has 45 heteroatoms. The van der Waals surface area contributed by atoms with Gasteiger partial charge in [0.25, 0.3) is 0 Å². The van der Waals surface area contributed by atoms with Crippen LogP contribution in [0.2, 0.25) is 0 Å². The number of carbonyl (C=O) groups excluding carboxylic acids is 15. The van der Waals surface area contributed by atoms with E-state index in [9.17, 15) is 71.9 Å². The molecule has 17 N–H and O–H groups in total. The van der Waals surface area contributed by atoms with Crippen molar-refractivity contribution in [1.29, 1.82) is 0 Å². The van der Waals surface area contributed by atoms with Gasteiger partial charge >= 0.3 is 0 Å². The highest BCUT2D eigenvalue weighted by Crippen LogP contribution is 2.29. The molecule has 45 nitrogen and oxygen atoms in total. The maximum atomic E-state index is 13.7. The van der Waals surface area contributed by atoms with Crippen molar-refractivity contribution in [2.24, 2.45) is 11.5 Å². The lowest BCUT2D eigenvalue weighted by atomic mass is 9.98. The fraction of sp³-hybridized carbons (Fsp3) is 0.736. The molecule has 3 rings (SSSR count). The van der Waals surface area contributed by atoms with Gasteiger partial charge in [0.2, 0.25) is 88.6 Å². The van der Waals surface area contributed by atoms with Crippen LogP contribution >= 0.6 is 0 Å². The Kier molecular flexibility index (Phi) is 56.6. The molecule has 0 aromatic carbocycles. The molecule has 2 aliphatic rings. The second kappa shape index (κ2) is 65.3. The van der Waals surface area contributed by atoms with Crippen LogP contribution in [0.15, 0.2) is 0 Å². The number of fused-ring (bicyclic) bond motifs is 1. The molecule has 0 saturated heterocycles. The summed E-state index contributed by atoms with van der Waals surface area (Å²) in [5.41, 5.74) is 11.4. The Bertz CT molecular complexity index is 3250. The molecule has 1 heterocycles. The molecule has 0 fully saturated rings. The maximum Gasteiger partial charge on any atom is 0.246 e. The zero-order valence-corrected chi connectivity index (χ0v) is 66.9. The summed E-state index contributed by atoms with van der Waals surface area (Å²) < 4.78 is 67.4. The molecular weight excluding hydrogens is 1550 g/mol. The minimum Gasteiger partial charge on any atom is -0.379 e. The van der Waals surface area contributed by atoms with E-state index in [-0.39, 0.29) is 150 Å². The second-order valence-corrected chi connectivity index (χ2v) is 26.2. The van der Waals surface area contributed by atoms with Crippen molar-refractivity contribution >= 4 is 88.6 Å². The van der Waals surface area contributed by atoms with E-state index in [0.717, 1.165) is 57.1 Å². The molecule has 0 saturated carbocycles. The van der Waals surface area contributed by atoms with Gasteiger partial charge < -0.3 is 137 Å². The van der Waals surface area contributed by atoms with E-state index >= 15 is 0 Å². The number of unbranched alkanes of at least 4 members (excludes halogenated alkanes) is 1. The van der Waals surface area contributed by atoms with Crippen LogP contribution in [0, 0.1) is 11.8 Å². The minimum atomic E-state index is -1.12. The Balaban J connectivity index is 1.32. The quantitative estimate of drug-likeness (QED) is 0.0164. The number of aryl methyl sites for hydroxylation is 1. The van der Waals surface area contributed by atoms with Crippen LogP contribution in [-0.2, 0) is 142 Å². The number of nitrogens with two attached hydrogens (primary N) is 2. The standard InChI is InChI=1S/C72H120N18O27/c1-51(70(103)80-41-63(97)83-49-114-45-57(73)91)85-65(99)43-78-61(95)39-77-59(93)18-23-106-27-31-110-35-37-113-34-30-109-26-21-76-68(102)48-117-56-17-10-6-9-16-55-69(56)88-89-90(55)22-12-11-15-54(72(105)82-40-62(96)79-44-66(100)86-52(2)71(104)81-42-64(98)84-50-115-46-58(74)92)87-60(94)19-24-107-28-32-111-36-38-112-33-29-108-25-20-75-67(101)47-116-53-13-7-4-3-5-8-14-53/h51-54,56H,3-7,9-13,15-50H2,1-2H3,(H2,73,91)(H2,74,92)(H,75,101)(H,76,102)(H,77,93)(H,78,95)(H,79,96)(H,80,103)(H,81,104)(H,82,105)(H,83,97)(H,84,98)(H,85,99)(H,86,100)(H,87,94)/t51-,52-,53?,54+,56?/m0/s1. The Morgan fingerprint density at radius 2 is 0.838 bits per heavy atom. The van der Waals surface area contributed by atoms with Crippen molar-refractivity contribution in [2.45, 2.75) is 147 Å². The zero-order chi connectivity index (χ0) is 85.3. The summed E-state index contributed by atoms with van der Waals surface area (Å²) in [4.78, 5) is 184. The normalized spacial score (nSPS) is 14.5. The van der Waals surface area contributed by atoms with E-state index in [2.05, 4.69) is 91.3 Å². The molecular formula is C72H120N18O27. The van der Waals surface area contributed by atoms with Crippen molar-refractivity contribution in [1.82, 2.24) is 84.1 Å². The monoisotopic (exact) mass is 1670 g/mol. The molecule has 15 amide bonds. The summed E-state index contributed by atoms with van der Waals surface area (Å²) in [7, 11) is 0. The number of ether oxygens (including phenoxy) is 12. The van der Waals surface area contributed by atoms with E-state index in [1.807, 2.05) is 0 Å². The van der Waals surface area contributed by atoms with Gasteiger partial charge in [-0.25, -0.2) is 4.68 Å². The van der Waals surface area contributed by atoms with Gasteiger partial charge in [0.15, 0.2) is 0 Å². The van der Waals surface area contributed by atoms with Crippen LogP contribution in [0.25, 0.3) is 0 Å². The first-order valence-corrected chi connectivity index (χ1v) is 39.0. The fourth-order valence-electron chi connectivity index (χ4n) is 10.3. The minimum absolute atomic E-state index is 0.00245. The Morgan fingerprint density at radius 1 is 0.410 bits per heavy atom. The number of aromatic nitrogens is 3. The molecule has 2 aliphatic carbocycles. The van der Waals surface area contributed by atoms with Gasteiger partial charge in [0.05, 0.1) is 151 Å². The van der Waals surface area contributed by atoms with Gasteiger partial charge in [-0.1, -0.05) is 30.4 Å². The van der Waals surface area contributed by atoms with E-state index < -0.39 is 154 Å². The maximum absolute atomic E-state index is 13.7. The van der Waals surface area contributed by atoms with Gasteiger partial charge in [-0.05, 0) is 71.6 Å². The lowest BCUT2D eigenvalue weighted by Crippen LogP contribution is -2.51. The summed E-state index contributed by atoms with van der Waals surface area (Å²) in [6.45, 7) is 2.63. The highest BCUT2D eigenvalue weighted by Gasteiger charge is 2.27. The van der Waals surface area contributed by atoms with Crippen LogP contribution in [0.4, 0.5) is 0 Å². The Morgan fingerprint density at radius 3 is 1.35 bits per heavy atom. The largest absolute Gasteiger partial charge is 0.379 e. The van der Waals surface area contributed by atoms with Crippen molar-refractivity contribution in [3.05, 3.63) is 11.4 Å². The van der Waals surface area contributed by atoms with Crippen LogP contribution in [-0.4, -0.2) is 326 Å². The number of hydrogen-bond acceptors (Lipinski definition) is 29. The fourth-order valence-corrected chi connectivity index (χ4v) is 10.3. The van der Waals surface area contributed by atoms with E-state index in [4.69, 9.17) is 68.3 Å². The third-order valence-corrected chi connectivity index (χ3v) is 16.4. The molecule has 0 spiro atoms. The SMILES string of the molecule is C[C@H](NC(=O)CNC(=O)CNC(=O)CCOCCOCCOCCOCCNC(=O)COC1CCCCCc2c1nnn2CCCC[C@@H](NC(=O)CCOCCOCCOCCOCCNC(=O)COC1C#CCCCCC1)C(=O)NCC(=O)NCC(=O)N[C@@H](C)C(=O)NCC(=O)NCOCC(N)=O)C(=O)NCC(=O)NCOCC(N)=O. The molecule has 117 heavy (non-hydrogen) atoms. The van der Waals surface area contributed by atoms with Gasteiger partial charge in [-0.2, -0.15) is 0 Å². The van der Waals surface area contributed by atoms with Crippen molar-refractivity contribution < 1.29 is 129 Å². The molecule has 1 aromatic heterocycles. The van der Waals surface area contributed by atoms with Crippen molar-refractivity contribution in [2.75, 3.05) is 198 Å². The van der Waals surface area contributed by atoms with Gasteiger partial charge in [0.1, 0.15) is 75.9 Å². The second-order valence-electron chi connectivity index (χ2n) is 26.2. The van der Waals surface area contributed by atoms with Crippen molar-refractivity contribution in [3.63, 3.8) is 0 Å². The molecule has 660 valence electrons. The Labute approximate surface area is 678 Å². The lowest BCUT2D eigenvalue weighted by Gasteiger charge is -2.20. The molecule has 0 radical (unpaired) electrons. The Hall–Kier alpha value is -9.73. The number of nitrogens with one attached hydrogen (secondary N) is 13. The molecule has 0 aliphatic heterocycles. The van der Waals surface area contributed by atoms with Crippen LogP contribution in [0.3, 0.4) is 0 Å². The van der Waals surface area contributed by atoms with E-state index in [1.165, 1.54) is 13.8 Å². The molecule has 1 aromatic rings. The average molecular weight is 1670 g/mol. The van der Waals surface area contributed by atoms with Crippen LogP contribution in [0.5, 0.6) is 0 Å². The predicted molar refractivity (Wildman–Crippen MR) is 409 cm³/mol. The number of amides is 15. The first-order chi connectivity index (χ1) is 56.5. The van der Waals surface area contributed by atoms with Gasteiger partial charge in [0, 0.05) is 38.9 Å². The molecule has 0 bridgehead atoms. The summed E-state index contributed by atoms with van der Waals surface area (Å²) >= 11 is 0. The highest BCUT2D eigenvalue weighted by molar-refractivity contribution is 5.95. The number of hydrogen-bond donors (Lipinski definition) is 15. The number of rotatable bonds is 67. The van der Waals surface area contributed by atoms with Gasteiger partial charge in [-0.3, -0.25) is 71.9 Å². The lowest BCUT2D eigenvalue weighted by molar-refractivity contribution is -0.132. The average Bonchev–Trinajstić information content (AvgIpc) is 1.64. The smallest absolute Gasteiger partial charge is 0.246 e. The van der Waals surface area contributed by atoms with Gasteiger partial charge in [-0.15, -0.1) is 11.0 Å². The first kappa shape index (κ1) is 101. The zero-order valence-electron chi connectivity index (χ0n) is 66.9. The predicted octanol–water partition coefficient (Wildman–Crippen LogP) is -7.54. The summed E-state index contributed by atoms with van der Waals surface area (Å²) in [5.74, 6) is -3.06. The summed E-state index contributed by atoms with van der Waals surface area (Å²) in [6, 6.07) is -3.27. The van der Waals surface area contributed by atoms with Crippen molar-refractivity contribution in [3.8, 4) is 11.8 Å². The summed E-state index contributed by atoms with van der Waals surface area (Å²) in [6.07, 6.45) is 8.95. The molecule has 5 atom stereocenters. The van der Waals surface area contributed by atoms with Crippen LogP contribution < -0.4 is 80.6 Å². The third-order valence-electron chi connectivity index (χ3n) is 16.4.